The highest BCUT2D eigenvalue weighted by Crippen LogP contribution is 2.62. The first-order valence-electron chi connectivity index (χ1n) is 7.44. The third-order valence-electron chi connectivity index (χ3n) is 5.61. The molecule has 2 fully saturated rings. The summed E-state index contributed by atoms with van der Waals surface area (Å²) in [5.74, 6) is 3.13. The molecule has 0 aromatic rings. The molecule has 0 nitrogen and oxygen atoms in total. The summed E-state index contributed by atoms with van der Waals surface area (Å²) < 4.78 is 0. The zero-order valence-electron chi connectivity index (χ0n) is 11.2. The Kier molecular flexibility index (Phi) is 2.92. The van der Waals surface area contributed by atoms with Gasteiger partial charge < -0.3 is 0 Å². The fraction of sp³-hybridized carbons (Fsp3) is 0.706. The number of fused-ring (bicyclic) bond motifs is 3. The van der Waals surface area contributed by atoms with Gasteiger partial charge in [0.25, 0.3) is 0 Å². The van der Waals surface area contributed by atoms with Gasteiger partial charge in [0.2, 0.25) is 0 Å². The highest BCUT2D eigenvalue weighted by Gasteiger charge is 2.55. The smallest absolute Gasteiger partial charge is 0.00194 e. The second-order valence-corrected chi connectivity index (χ2v) is 6.05. The standard InChI is InChI=1S/C17H24/c1-3-14-9-7-11-16-15-10-6-5-8-13(15)12-17(14,16)4-2/h5-6,8,10,13-16H,3-4,7,9,11H2,1-2H3. The highest BCUT2D eigenvalue weighted by atomic mass is 14.6. The zero-order valence-corrected chi connectivity index (χ0v) is 11.2. The SMILES string of the molecule is CCC1CCCC2C3C=CC=CC3[C]C12CC. The summed E-state index contributed by atoms with van der Waals surface area (Å²) in [6.07, 6.45) is 20.3. The predicted octanol–water partition coefficient (Wildman–Crippen LogP) is 4.66. The Balaban J connectivity index is 1.96. The molecular weight excluding hydrogens is 204 g/mol. The lowest BCUT2D eigenvalue weighted by Gasteiger charge is -2.46. The van der Waals surface area contributed by atoms with Gasteiger partial charge in [-0.3, -0.25) is 0 Å². The predicted molar refractivity (Wildman–Crippen MR) is 72.3 cm³/mol. The maximum atomic E-state index is 4.02. The average Bonchev–Trinajstić information content (AvgIpc) is 2.73. The number of allylic oxidation sites excluding steroid dienone is 4. The van der Waals surface area contributed by atoms with Crippen molar-refractivity contribution in [3.63, 3.8) is 0 Å². The minimum Gasteiger partial charge on any atom is -0.0805 e. The summed E-state index contributed by atoms with van der Waals surface area (Å²) in [4.78, 5) is 0. The minimum atomic E-state index is 0.432. The highest BCUT2D eigenvalue weighted by molar-refractivity contribution is 5.27. The molecule has 0 N–H and O–H groups in total. The monoisotopic (exact) mass is 228 g/mol. The summed E-state index contributed by atoms with van der Waals surface area (Å²) in [7, 11) is 0. The summed E-state index contributed by atoms with van der Waals surface area (Å²) in [5, 5.41) is 0. The van der Waals surface area contributed by atoms with E-state index >= 15 is 0 Å². The van der Waals surface area contributed by atoms with Crippen LogP contribution in [0, 0.1) is 35.5 Å². The van der Waals surface area contributed by atoms with Crippen LogP contribution in [0.5, 0.6) is 0 Å². The lowest BCUT2D eigenvalue weighted by atomic mass is 9.58. The van der Waals surface area contributed by atoms with E-state index in [9.17, 15) is 0 Å². The van der Waals surface area contributed by atoms with Crippen molar-refractivity contribution in [3.05, 3.63) is 30.7 Å². The average molecular weight is 228 g/mol. The van der Waals surface area contributed by atoms with E-state index < -0.39 is 0 Å². The molecule has 0 heteroatoms. The molecule has 0 heterocycles. The second kappa shape index (κ2) is 4.30. The first-order valence-corrected chi connectivity index (χ1v) is 7.44. The third-order valence-corrected chi connectivity index (χ3v) is 5.61. The van der Waals surface area contributed by atoms with Gasteiger partial charge in [0, 0.05) is 0 Å². The molecular formula is C17H24. The maximum absolute atomic E-state index is 4.02. The largest absolute Gasteiger partial charge is 0.0805 e. The third kappa shape index (κ3) is 1.56. The van der Waals surface area contributed by atoms with Gasteiger partial charge in [-0.2, -0.15) is 0 Å². The van der Waals surface area contributed by atoms with Crippen molar-refractivity contribution in [3.8, 4) is 0 Å². The van der Waals surface area contributed by atoms with Crippen molar-refractivity contribution in [2.45, 2.75) is 46.0 Å². The van der Waals surface area contributed by atoms with Crippen LogP contribution in [0.4, 0.5) is 0 Å². The van der Waals surface area contributed by atoms with E-state index in [0.29, 0.717) is 11.3 Å². The van der Waals surface area contributed by atoms with Crippen molar-refractivity contribution in [1.82, 2.24) is 0 Å². The fourth-order valence-corrected chi connectivity index (χ4v) is 4.85. The molecule has 0 aromatic heterocycles. The molecule has 92 valence electrons. The van der Waals surface area contributed by atoms with Crippen molar-refractivity contribution in [1.29, 1.82) is 0 Å². The molecule has 17 heavy (non-hydrogen) atoms. The van der Waals surface area contributed by atoms with Crippen molar-refractivity contribution in [2.75, 3.05) is 0 Å². The molecule has 0 aromatic carbocycles. The lowest BCUT2D eigenvalue weighted by molar-refractivity contribution is 0.0582. The first kappa shape index (κ1) is 11.6. The van der Waals surface area contributed by atoms with Crippen molar-refractivity contribution >= 4 is 0 Å². The Morgan fingerprint density at radius 2 is 2.00 bits per heavy atom. The van der Waals surface area contributed by atoms with E-state index in [-0.39, 0.29) is 0 Å². The first-order chi connectivity index (χ1) is 8.31. The van der Waals surface area contributed by atoms with E-state index in [1.807, 2.05) is 0 Å². The summed E-state index contributed by atoms with van der Waals surface area (Å²) >= 11 is 0. The Labute approximate surface area is 106 Å². The minimum absolute atomic E-state index is 0.432. The van der Waals surface area contributed by atoms with Crippen LogP contribution in [-0.2, 0) is 0 Å². The Bertz CT molecular complexity index is 338. The van der Waals surface area contributed by atoms with Crippen LogP contribution < -0.4 is 0 Å². The molecule has 0 saturated heterocycles. The van der Waals surface area contributed by atoms with E-state index in [4.69, 9.17) is 0 Å². The van der Waals surface area contributed by atoms with E-state index in [1.165, 1.54) is 32.1 Å². The summed E-state index contributed by atoms with van der Waals surface area (Å²) in [6, 6.07) is 0. The van der Waals surface area contributed by atoms with Crippen LogP contribution in [0.25, 0.3) is 0 Å². The van der Waals surface area contributed by atoms with Crippen LogP contribution >= 0.6 is 0 Å². The molecule has 3 rings (SSSR count). The van der Waals surface area contributed by atoms with E-state index in [2.05, 4.69) is 44.6 Å². The maximum Gasteiger partial charge on any atom is -0.00194 e. The molecule has 0 aliphatic heterocycles. The van der Waals surface area contributed by atoms with Crippen LogP contribution in [-0.4, -0.2) is 0 Å². The molecule has 0 bridgehead atoms. The summed E-state index contributed by atoms with van der Waals surface area (Å²) in [6.45, 7) is 4.76. The summed E-state index contributed by atoms with van der Waals surface area (Å²) in [5.41, 5.74) is 0.432. The molecule has 2 radical (unpaired) electrons. The molecule has 2 saturated carbocycles. The topological polar surface area (TPSA) is 0 Å². The second-order valence-electron chi connectivity index (χ2n) is 6.05. The van der Waals surface area contributed by atoms with Crippen LogP contribution in [0.3, 0.4) is 0 Å². The normalized spacial score (nSPS) is 47.9. The van der Waals surface area contributed by atoms with Crippen molar-refractivity contribution in [2.24, 2.45) is 29.1 Å². The quantitative estimate of drug-likeness (QED) is 0.644. The van der Waals surface area contributed by atoms with Crippen molar-refractivity contribution < 1.29 is 0 Å². The van der Waals surface area contributed by atoms with Gasteiger partial charge in [-0.25, -0.2) is 0 Å². The lowest BCUT2D eigenvalue weighted by Crippen LogP contribution is -2.39. The molecule has 0 amide bonds. The van der Waals surface area contributed by atoms with E-state index in [0.717, 1.165) is 17.8 Å². The van der Waals surface area contributed by atoms with Gasteiger partial charge in [0.1, 0.15) is 0 Å². The van der Waals surface area contributed by atoms with Gasteiger partial charge in [0.15, 0.2) is 0 Å². The molecule has 5 unspecified atom stereocenters. The van der Waals surface area contributed by atoms with Crippen LogP contribution in [0.1, 0.15) is 46.0 Å². The van der Waals surface area contributed by atoms with E-state index in [1.54, 1.807) is 0 Å². The molecule has 3 aliphatic carbocycles. The number of hydrogen-bond donors (Lipinski definition) is 0. The zero-order chi connectivity index (χ0) is 11.9. The van der Waals surface area contributed by atoms with Gasteiger partial charge in [-0.1, -0.05) is 51.0 Å². The van der Waals surface area contributed by atoms with Gasteiger partial charge in [-0.05, 0) is 54.8 Å². The molecule has 0 spiro atoms. The fourth-order valence-electron chi connectivity index (χ4n) is 4.85. The number of rotatable bonds is 2. The van der Waals surface area contributed by atoms with Gasteiger partial charge >= 0.3 is 0 Å². The Morgan fingerprint density at radius 3 is 2.76 bits per heavy atom. The van der Waals surface area contributed by atoms with Crippen LogP contribution in [0.2, 0.25) is 0 Å². The van der Waals surface area contributed by atoms with Gasteiger partial charge in [-0.15, -0.1) is 0 Å². The Morgan fingerprint density at radius 1 is 1.18 bits per heavy atom. The van der Waals surface area contributed by atoms with Crippen LogP contribution in [0.15, 0.2) is 24.3 Å². The molecule has 3 aliphatic rings. The number of hydrogen-bond acceptors (Lipinski definition) is 0. The van der Waals surface area contributed by atoms with Gasteiger partial charge in [0.05, 0.1) is 0 Å². The Hall–Kier alpha value is -0.520. The molecule has 5 atom stereocenters.